The number of carbonyl (C=O) groups is 1. The lowest BCUT2D eigenvalue weighted by atomic mass is 10.1. The Morgan fingerprint density at radius 2 is 1.67 bits per heavy atom. The van der Waals surface area contributed by atoms with Gasteiger partial charge in [-0.15, -0.1) is 0 Å². The van der Waals surface area contributed by atoms with Gasteiger partial charge in [-0.1, -0.05) is 54.6 Å². The molecule has 2 heterocycles. The zero-order valence-electron chi connectivity index (χ0n) is 13.4. The smallest absolute Gasteiger partial charge is 0.340 e. The maximum atomic E-state index is 12.4. The van der Waals surface area contributed by atoms with Crippen molar-refractivity contribution in [3.63, 3.8) is 0 Å². The molecule has 0 N–H and O–H groups in total. The molecule has 0 saturated heterocycles. The number of pyridine rings is 1. The summed E-state index contributed by atoms with van der Waals surface area (Å²) in [5.41, 5.74) is 4.60. The summed E-state index contributed by atoms with van der Waals surface area (Å²) in [6.07, 6.45) is 0. The van der Waals surface area contributed by atoms with E-state index in [1.807, 2.05) is 55.5 Å². The SMILES string of the molecule is CCOC(=O)c1cc(-c2ccccc2)n2c1ccc1ccccc12. The number of benzene rings is 2. The van der Waals surface area contributed by atoms with Gasteiger partial charge in [-0.3, -0.25) is 0 Å². The van der Waals surface area contributed by atoms with Gasteiger partial charge in [-0.25, -0.2) is 4.79 Å². The Morgan fingerprint density at radius 1 is 0.917 bits per heavy atom. The molecule has 0 amide bonds. The maximum Gasteiger partial charge on any atom is 0.340 e. The van der Waals surface area contributed by atoms with E-state index in [0.717, 1.165) is 27.7 Å². The Hall–Kier alpha value is -3.07. The van der Waals surface area contributed by atoms with Crippen LogP contribution < -0.4 is 0 Å². The van der Waals surface area contributed by atoms with Gasteiger partial charge in [0.1, 0.15) is 0 Å². The monoisotopic (exact) mass is 315 g/mol. The zero-order valence-corrected chi connectivity index (χ0v) is 13.4. The molecule has 118 valence electrons. The van der Waals surface area contributed by atoms with Crippen LogP contribution in [0.5, 0.6) is 0 Å². The van der Waals surface area contributed by atoms with Gasteiger partial charge in [0, 0.05) is 0 Å². The van der Waals surface area contributed by atoms with Crippen LogP contribution in [0.25, 0.3) is 27.7 Å². The second-order valence-electron chi connectivity index (χ2n) is 5.64. The first-order valence-electron chi connectivity index (χ1n) is 8.05. The molecule has 0 aliphatic heterocycles. The lowest BCUT2D eigenvalue weighted by molar-refractivity contribution is 0.0529. The van der Waals surface area contributed by atoms with Crippen molar-refractivity contribution >= 4 is 22.4 Å². The van der Waals surface area contributed by atoms with Crippen molar-refractivity contribution in [1.82, 2.24) is 4.40 Å². The lowest BCUT2D eigenvalue weighted by Crippen LogP contribution is -2.04. The van der Waals surface area contributed by atoms with Crippen LogP contribution in [0.1, 0.15) is 17.3 Å². The highest BCUT2D eigenvalue weighted by molar-refractivity contribution is 6.02. The number of nitrogens with zero attached hydrogens (tertiary/aromatic N) is 1. The summed E-state index contributed by atoms with van der Waals surface area (Å²) in [7, 11) is 0. The van der Waals surface area contributed by atoms with Gasteiger partial charge in [0.15, 0.2) is 0 Å². The molecule has 0 aliphatic rings. The van der Waals surface area contributed by atoms with Crippen molar-refractivity contribution < 1.29 is 9.53 Å². The van der Waals surface area contributed by atoms with Gasteiger partial charge < -0.3 is 9.14 Å². The second kappa shape index (κ2) is 5.85. The molecule has 0 aliphatic carbocycles. The third-order valence-corrected chi connectivity index (χ3v) is 4.20. The highest BCUT2D eigenvalue weighted by Crippen LogP contribution is 2.30. The highest BCUT2D eigenvalue weighted by Gasteiger charge is 2.18. The largest absolute Gasteiger partial charge is 0.462 e. The summed E-state index contributed by atoms with van der Waals surface area (Å²) >= 11 is 0. The fraction of sp³-hybridized carbons (Fsp3) is 0.0952. The standard InChI is InChI=1S/C21H17NO2/c1-2-24-21(23)17-14-20(15-8-4-3-5-9-15)22-18-11-7-6-10-16(18)12-13-19(17)22/h3-14H,2H2,1H3. The minimum atomic E-state index is -0.285. The molecule has 2 aromatic heterocycles. The van der Waals surface area contributed by atoms with E-state index >= 15 is 0 Å². The van der Waals surface area contributed by atoms with E-state index in [1.54, 1.807) is 0 Å². The van der Waals surface area contributed by atoms with E-state index in [4.69, 9.17) is 4.74 Å². The average Bonchev–Trinajstić information content (AvgIpc) is 3.03. The van der Waals surface area contributed by atoms with Crippen LogP contribution in [-0.2, 0) is 4.74 Å². The first-order valence-corrected chi connectivity index (χ1v) is 8.05. The Balaban J connectivity index is 2.10. The fourth-order valence-electron chi connectivity index (χ4n) is 3.14. The summed E-state index contributed by atoms with van der Waals surface area (Å²) in [6.45, 7) is 2.19. The molecule has 4 aromatic rings. The quantitative estimate of drug-likeness (QED) is 0.502. The van der Waals surface area contributed by atoms with Crippen LogP contribution in [0.15, 0.2) is 72.8 Å². The van der Waals surface area contributed by atoms with E-state index in [2.05, 4.69) is 28.7 Å². The number of fused-ring (bicyclic) bond motifs is 3. The zero-order chi connectivity index (χ0) is 16.5. The van der Waals surface area contributed by atoms with E-state index in [-0.39, 0.29) is 5.97 Å². The molecule has 0 saturated carbocycles. The van der Waals surface area contributed by atoms with Crippen molar-refractivity contribution in [2.75, 3.05) is 6.61 Å². The van der Waals surface area contributed by atoms with Crippen molar-refractivity contribution in [1.29, 1.82) is 0 Å². The number of rotatable bonds is 3. The number of aromatic nitrogens is 1. The molecule has 2 aromatic carbocycles. The molecule has 0 fully saturated rings. The first kappa shape index (κ1) is 14.5. The summed E-state index contributed by atoms with van der Waals surface area (Å²) in [5, 5.41) is 1.13. The van der Waals surface area contributed by atoms with Gasteiger partial charge >= 0.3 is 5.97 Å². The molecule has 0 spiro atoms. The van der Waals surface area contributed by atoms with Gasteiger partial charge in [-0.2, -0.15) is 0 Å². The molecule has 0 radical (unpaired) electrons. The molecular weight excluding hydrogens is 298 g/mol. The first-order chi connectivity index (χ1) is 11.8. The molecule has 0 bridgehead atoms. The summed E-state index contributed by atoms with van der Waals surface area (Å²) < 4.78 is 7.38. The molecule has 0 atom stereocenters. The number of para-hydroxylation sites is 1. The van der Waals surface area contributed by atoms with Crippen molar-refractivity contribution in [3.8, 4) is 11.3 Å². The number of ether oxygens (including phenoxy) is 1. The highest BCUT2D eigenvalue weighted by atomic mass is 16.5. The number of hydrogen-bond donors (Lipinski definition) is 0. The topological polar surface area (TPSA) is 30.7 Å². The van der Waals surface area contributed by atoms with Crippen molar-refractivity contribution in [3.05, 3.63) is 78.4 Å². The summed E-state index contributed by atoms with van der Waals surface area (Å²) in [4.78, 5) is 12.4. The molecule has 3 heteroatoms. The Bertz CT molecular complexity index is 1030. The van der Waals surface area contributed by atoms with Gasteiger partial charge in [0.2, 0.25) is 0 Å². The molecule has 0 unspecified atom stereocenters. The van der Waals surface area contributed by atoms with Gasteiger partial charge in [-0.05, 0) is 36.1 Å². The molecule has 4 rings (SSSR count). The van der Waals surface area contributed by atoms with Gasteiger partial charge in [0.05, 0.1) is 28.9 Å². The minimum Gasteiger partial charge on any atom is -0.462 e. The minimum absolute atomic E-state index is 0.285. The summed E-state index contributed by atoms with van der Waals surface area (Å²) in [5.74, 6) is -0.285. The Labute approximate surface area is 140 Å². The maximum absolute atomic E-state index is 12.4. The molecule has 24 heavy (non-hydrogen) atoms. The predicted molar refractivity (Wildman–Crippen MR) is 96.3 cm³/mol. The van der Waals surface area contributed by atoms with Crippen molar-refractivity contribution in [2.24, 2.45) is 0 Å². The van der Waals surface area contributed by atoms with E-state index in [0.29, 0.717) is 12.2 Å². The van der Waals surface area contributed by atoms with Crippen LogP contribution in [0.2, 0.25) is 0 Å². The third-order valence-electron chi connectivity index (χ3n) is 4.20. The van der Waals surface area contributed by atoms with Crippen LogP contribution in [0, 0.1) is 0 Å². The average molecular weight is 315 g/mol. The number of hydrogen-bond acceptors (Lipinski definition) is 2. The van der Waals surface area contributed by atoms with E-state index in [1.165, 1.54) is 0 Å². The van der Waals surface area contributed by atoms with Crippen LogP contribution >= 0.6 is 0 Å². The Kier molecular flexibility index (Phi) is 3.54. The van der Waals surface area contributed by atoms with Crippen LogP contribution in [-0.4, -0.2) is 17.0 Å². The number of carbonyl (C=O) groups excluding carboxylic acids is 1. The number of esters is 1. The molecular formula is C21H17NO2. The Morgan fingerprint density at radius 3 is 2.46 bits per heavy atom. The molecule has 3 nitrogen and oxygen atoms in total. The third kappa shape index (κ3) is 2.26. The predicted octanol–water partition coefficient (Wildman–Crippen LogP) is 4.94. The summed E-state index contributed by atoms with van der Waals surface area (Å²) in [6, 6.07) is 24.2. The van der Waals surface area contributed by atoms with Crippen LogP contribution in [0.4, 0.5) is 0 Å². The normalized spacial score (nSPS) is 11.0. The lowest BCUT2D eigenvalue weighted by Gasteiger charge is -2.08. The van der Waals surface area contributed by atoms with E-state index < -0.39 is 0 Å². The van der Waals surface area contributed by atoms with E-state index in [9.17, 15) is 4.79 Å². The fourth-order valence-corrected chi connectivity index (χ4v) is 3.14. The second-order valence-corrected chi connectivity index (χ2v) is 5.64. The van der Waals surface area contributed by atoms with Crippen molar-refractivity contribution in [2.45, 2.75) is 6.92 Å². The van der Waals surface area contributed by atoms with Crippen LogP contribution in [0.3, 0.4) is 0 Å². The van der Waals surface area contributed by atoms with Gasteiger partial charge in [0.25, 0.3) is 0 Å².